The van der Waals surface area contributed by atoms with Crippen LogP contribution in [0.3, 0.4) is 0 Å². The summed E-state index contributed by atoms with van der Waals surface area (Å²) in [5.74, 6) is 1.77. The Bertz CT molecular complexity index is 513. The zero-order valence-corrected chi connectivity index (χ0v) is 10.7. The molecule has 4 heteroatoms. The summed E-state index contributed by atoms with van der Waals surface area (Å²) in [6.45, 7) is 0. The number of carbonyl (C=O) groups is 1. The van der Waals surface area contributed by atoms with Gasteiger partial charge >= 0.3 is 0 Å². The van der Waals surface area contributed by atoms with Crippen LogP contribution >= 0.6 is 0 Å². The summed E-state index contributed by atoms with van der Waals surface area (Å²) in [6, 6.07) is 6.48. The molecule has 0 spiro atoms. The Morgan fingerprint density at radius 1 is 1.32 bits per heavy atom. The Labute approximate surface area is 112 Å². The summed E-state index contributed by atoms with van der Waals surface area (Å²) >= 11 is 0. The average molecular weight is 258 g/mol. The molecular formula is C15H18N2O2. The summed E-state index contributed by atoms with van der Waals surface area (Å²) in [5, 5.41) is 13.6. The summed E-state index contributed by atoms with van der Waals surface area (Å²) in [5.41, 5.74) is 2.75. The topological polar surface area (TPSA) is 61.7 Å². The molecular weight excluding hydrogens is 240 g/mol. The molecule has 3 atom stereocenters. The molecule has 1 aromatic rings. The molecule has 2 aliphatic rings. The molecule has 2 saturated carbocycles. The molecule has 2 fully saturated rings. The van der Waals surface area contributed by atoms with Gasteiger partial charge in [0.2, 0.25) is 0 Å². The number of amides is 1. The second kappa shape index (κ2) is 5.03. The smallest absolute Gasteiger partial charge is 0.275 e. The number of rotatable bonds is 3. The van der Waals surface area contributed by atoms with Gasteiger partial charge in [0, 0.05) is 6.21 Å². The predicted octanol–water partition coefficient (Wildman–Crippen LogP) is 2.54. The Morgan fingerprint density at radius 2 is 2.16 bits per heavy atom. The van der Waals surface area contributed by atoms with Crippen molar-refractivity contribution >= 4 is 12.1 Å². The Morgan fingerprint density at radius 3 is 2.84 bits per heavy atom. The number of para-hydroxylation sites is 1. The predicted molar refractivity (Wildman–Crippen MR) is 73.0 cm³/mol. The molecule has 0 aromatic heterocycles. The van der Waals surface area contributed by atoms with E-state index in [2.05, 4.69) is 10.5 Å². The Hall–Kier alpha value is -1.84. The van der Waals surface area contributed by atoms with E-state index in [0.29, 0.717) is 5.92 Å². The zero-order valence-electron chi connectivity index (χ0n) is 10.7. The van der Waals surface area contributed by atoms with Gasteiger partial charge in [-0.1, -0.05) is 18.6 Å². The zero-order chi connectivity index (χ0) is 13.2. The lowest BCUT2D eigenvalue weighted by Gasteiger charge is -2.16. The first-order valence-corrected chi connectivity index (χ1v) is 6.85. The molecule has 19 heavy (non-hydrogen) atoms. The molecule has 0 aliphatic heterocycles. The monoisotopic (exact) mass is 258 g/mol. The maximum atomic E-state index is 11.8. The van der Waals surface area contributed by atoms with Crippen LogP contribution in [-0.4, -0.2) is 17.2 Å². The number of nitrogens with one attached hydrogen (secondary N) is 1. The number of hydrazone groups is 1. The number of phenolic OH excluding ortho intramolecular Hbond substituents is 1. The van der Waals surface area contributed by atoms with Crippen LogP contribution in [0.2, 0.25) is 0 Å². The van der Waals surface area contributed by atoms with E-state index in [1.165, 1.54) is 31.7 Å². The summed E-state index contributed by atoms with van der Waals surface area (Å²) in [4.78, 5) is 11.8. The van der Waals surface area contributed by atoms with Crippen molar-refractivity contribution in [1.29, 1.82) is 0 Å². The minimum Gasteiger partial charge on any atom is -0.507 e. The third-order valence-electron chi connectivity index (χ3n) is 4.37. The molecule has 0 saturated heterocycles. The first-order valence-electron chi connectivity index (χ1n) is 6.85. The van der Waals surface area contributed by atoms with Crippen molar-refractivity contribution in [3.63, 3.8) is 0 Å². The lowest BCUT2D eigenvalue weighted by atomic mass is 9.90. The van der Waals surface area contributed by atoms with E-state index in [1.807, 2.05) is 6.21 Å². The van der Waals surface area contributed by atoms with Gasteiger partial charge in [-0.2, -0.15) is 5.10 Å². The second-order valence-corrected chi connectivity index (χ2v) is 5.57. The van der Waals surface area contributed by atoms with Gasteiger partial charge in [0.25, 0.3) is 5.91 Å². The molecule has 2 N–H and O–H groups in total. The van der Waals surface area contributed by atoms with Gasteiger partial charge < -0.3 is 5.11 Å². The van der Waals surface area contributed by atoms with Crippen molar-refractivity contribution in [2.75, 3.05) is 0 Å². The van der Waals surface area contributed by atoms with Crippen LogP contribution in [0.5, 0.6) is 5.75 Å². The first kappa shape index (κ1) is 12.2. The molecule has 1 aromatic carbocycles. The highest BCUT2D eigenvalue weighted by molar-refractivity contribution is 5.96. The Kier molecular flexibility index (Phi) is 3.23. The number of carbonyl (C=O) groups excluding carboxylic acids is 1. The molecule has 3 rings (SSSR count). The van der Waals surface area contributed by atoms with Crippen molar-refractivity contribution in [2.24, 2.45) is 22.9 Å². The highest BCUT2D eigenvalue weighted by Gasteiger charge is 2.38. The van der Waals surface area contributed by atoms with Gasteiger partial charge in [-0.3, -0.25) is 4.79 Å². The normalized spacial score (nSPS) is 28.9. The first-order chi connectivity index (χ1) is 9.24. The van der Waals surface area contributed by atoms with Crippen LogP contribution in [0.15, 0.2) is 29.4 Å². The molecule has 1 amide bonds. The quantitative estimate of drug-likeness (QED) is 0.646. The standard InChI is InChI=1S/C15H18N2O2/c18-14-4-2-1-3-13(14)15(19)17-16-9-12-8-10-5-6-11(12)7-10/h1-4,9-12,18H,5-8H2,(H,17,19). The van der Waals surface area contributed by atoms with Crippen molar-refractivity contribution in [3.8, 4) is 5.75 Å². The fourth-order valence-corrected chi connectivity index (χ4v) is 3.39. The van der Waals surface area contributed by atoms with E-state index >= 15 is 0 Å². The van der Waals surface area contributed by atoms with E-state index < -0.39 is 0 Å². The highest BCUT2D eigenvalue weighted by atomic mass is 16.3. The van der Waals surface area contributed by atoms with Gasteiger partial charge in [0.05, 0.1) is 5.56 Å². The van der Waals surface area contributed by atoms with Crippen LogP contribution in [0.1, 0.15) is 36.0 Å². The van der Waals surface area contributed by atoms with E-state index in [9.17, 15) is 9.90 Å². The van der Waals surface area contributed by atoms with E-state index in [0.717, 1.165) is 11.8 Å². The highest BCUT2D eigenvalue weighted by Crippen LogP contribution is 2.47. The molecule has 3 unspecified atom stereocenters. The lowest BCUT2D eigenvalue weighted by Crippen LogP contribution is -2.20. The SMILES string of the molecule is O=C(NN=CC1CC2CCC1C2)c1ccccc1O. The third-order valence-corrected chi connectivity index (χ3v) is 4.37. The second-order valence-electron chi connectivity index (χ2n) is 5.57. The fourth-order valence-electron chi connectivity index (χ4n) is 3.39. The maximum absolute atomic E-state index is 11.8. The van der Waals surface area contributed by atoms with Gasteiger partial charge in [-0.25, -0.2) is 5.43 Å². The number of fused-ring (bicyclic) bond motifs is 2. The van der Waals surface area contributed by atoms with E-state index in [1.54, 1.807) is 18.2 Å². The van der Waals surface area contributed by atoms with Crippen molar-refractivity contribution < 1.29 is 9.90 Å². The molecule has 0 heterocycles. The van der Waals surface area contributed by atoms with Gasteiger partial charge in [0.1, 0.15) is 5.75 Å². The van der Waals surface area contributed by atoms with Crippen molar-refractivity contribution in [3.05, 3.63) is 29.8 Å². The average Bonchev–Trinajstić information content (AvgIpc) is 3.01. The molecule has 4 nitrogen and oxygen atoms in total. The van der Waals surface area contributed by atoms with Gasteiger partial charge in [-0.05, 0) is 49.1 Å². The minimum absolute atomic E-state index is 0.0184. The molecule has 2 aliphatic carbocycles. The fraction of sp³-hybridized carbons (Fsp3) is 0.467. The minimum atomic E-state index is -0.363. The van der Waals surface area contributed by atoms with Crippen LogP contribution in [-0.2, 0) is 0 Å². The Balaban J connectivity index is 1.58. The maximum Gasteiger partial charge on any atom is 0.275 e. The number of hydrogen-bond acceptors (Lipinski definition) is 3. The van der Waals surface area contributed by atoms with Crippen LogP contribution < -0.4 is 5.43 Å². The number of nitrogens with zero attached hydrogens (tertiary/aromatic N) is 1. The van der Waals surface area contributed by atoms with Gasteiger partial charge in [-0.15, -0.1) is 0 Å². The number of phenols is 1. The van der Waals surface area contributed by atoms with E-state index in [-0.39, 0.29) is 17.2 Å². The number of benzene rings is 1. The van der Waals surface area contributed by atoms with Crippen LogP contribution in [0.25, 0.3) is 0 Å². The molecule has 2 bridgehead atoms. The summed E-state index contributed by atoms with van der Waals surface area (Å²) in [6.07, 6.45) is 7.07. The summed E-state index contributed by atoms with van der Waals surface area (Å²) in [7, 11) is 0. The largest absolute Gasteiger partial charge is 0.507 e. The molecule has 100 valence electrons. The number of hydrogen-bond donors (Lipinski definition) is 2. The van der Waals surface area contributed by atoms with Crippen molar-refractivity contribution in [1.82, 2.24) is 5.43 Å². The third kappa shape index (κ3) is 2.48. The van der Waals surface area contributed by atoms with Crippen molar-refractivity contribution in [2.45, 2.75) is 25.7 Å². The lowest BCUT2D eigenvalue weighted by molar-refractivity contribution is 0.0952. The van der Waals surface area contributed by atoms with E-state index in [4.69, 9.17) is 0 Å². The van der Waals surface area contributed by atoms with Crippen LogP contribution in [0, 0.1) is 17.8 Å². The molecule has 0 radical (unpaired) electrons. The van der Waals surface area contributed by atoms with Gasteiger partial charge in [0.15, 0.2) is 0 Å². The number of aromatic hydroxyl groups is 1. The summed E-state index contributed by atoms with van der Waals surface area (Å²) < 4.78 is 0. The van der Waals surface area contributed by atoms with Crippen LogP contribution in [0.4, 0.5) is 0 Å².